The number of aromatic hydroxyl groups is 2. The molecule has 0 spiro atoms. The number of non-ortho nitro benzene ring substituents is 1. The van der Waals surface area contributed by atoms with Crippen molar-refractivity contribution in [2.75, 3.05) is 0 Å². The van der Waals surface area contributed by atoms with E-state index in [9.17, 15) is 25.1 Å². The Kier molecular flexibility index (Phi) is 5.19. The first-order valence-electron chi connectivity index (χ1n) is 7.43. The highest BCUT2D eigenvalue weighted by atomic mass is 32.2. The van der Waals surface area contributed by atoms with Gasteiger partial charge in [0.1, 0.15) is 0 Å². The van der Waals surface area contributed by atoms with Crippen molar-refractivity contribution in [1.82, 2.24) is 5.01 Å². The Morgan fingerprint density at radius 1 is 1.11 bits per heavy atom. The number of nitro groups is 1. The third kappa shape index (κ3) is 4.13. The molecule has 0 aromatic heterocycles. The summed E-state index contributed by atoms with van der Waals surface area (Å²) in [6.45, 7) is 0. The van der Waals surface area contributed by atoms with Gasteiger partial charge in [-0.1, -0.05) is 11.8 Å². The molecule has 1 aliphatic rings. The molecule has 0 aliphatic carbocycles. The summed E-state index contributed by atoms with van der Waals surface area (Å²) in [4.78, 5) is 23.0. The van der Waals surface area contributed by atoms with Crippen LogP contribution in [0.1, 0.15) is 11.1 Å². The van der Waals surface area contributed by atoms with E-state index in [4.69, 9.17) is 12.2 Å². The number of rotatable bonds is 4. The Labute approximate surface area is 162 Å². The van der Waals surface area contributed by atoms with Gasteiger partial charge >= 0.3 is 0 Å². The van der Waals surface area contributed by atoms with E-state index in [1.807, 2.05) is 0 Å². The lowest BCUT2D eigenvalue weighted by Crippen LogP contribution is -2.22. The molecule has 1 saturated heterocycles. The minimum atomic E-state index is -0.501. The Morgan fingerprint density at radius 3 is 2.41 bits per heavy atom. The number of nitro benzene ring substituents is 1. The van der Waals surface area contributed by atoms with Gasteiger partial charge in [0, 0.05) is 12.1 Å². The molecule has 0 bridgehead atoms. The first kappa shape index (κ1) is 18.5. The van der Waals surface area contributed by atoms with E-state index in [0.29, 0.717) is 16.0 Å². The van der Waals surface area contributed by atoms with Crippen molar-refractivity contribution in [2.45, 2.75) is 0 Å². The van der Waals surface area contributed by atoms with Crippen molar-refractivity contribution < 1.29 is 19.9 Å². The first-order valence-corrected chi connectivity index (χ1v) is 8.66. The van der Waals surface area contributed by atoms with Crippen LogP contribution in [-0.4, -0.2) is 36.6 Å². The predicted octanol–water partition coefficient (Wildman–Crippen LogP) is 3.24. The van der Waals surface area contributed by atoms with Crippen LogP contribution in [0.3, 0.4) is 0 Å². The van der Waals surface area contributed by atoms with Gasteiger partial charge in [-0.15, -0.1) is 0 Å². The number of phenolic OH excluding ortho intramolecular Hbond substituents is 2. The van der Waals surface area contributed by atoms with Crippen LogP contribution < -0.4 is 0 Å². The van der Waals surface area contributed by atoms with Gasteiger partial charge in [-0.25, -0.2) is 0 Å². The number of thioether (sulfide) groups is 1. The molecule has 0 unspecified atom stereocenters. The van der Waals surface area contributed by atoms with Gasteiger partial charge in [0.2, 0.25) is 0 Å². The summed E-state index contributed by atoms with van der Waals surface area (Å²) in [6, 6.07) is 9.88. The molecule has 2 aromatic carbocycles. The average molecular weight is 401 g/mol. The summed E-state index contributed by atoms with van der Waals surface area (Å²) in [5, 5.41) is 34.5. The lowest BCUT2D eigenvalue weighted by Gasteiger charge is -2.06. The smallest absolute Gasteiger partial charge is 0.286 e. The van der Waals surface area contributed by atoms with Gasteiger partial charge in [-0.05, 0) is 59.8 Å². The van der Waals surface area contributed by atoms with E-state index < -0.39 is 10.8 Å². The number of carbonyl (C=O) groups is 1. The fourth-order valence-corrected chi connectivity index (χ4v) is 3.32. The van der Waals surface area contributed by atoms with E-state index in [1.54, 1.807) is 6.08 Å². The molecule has 1 heterocycles. The van der Waals surface area contributed by atoms with Crippen LogP contribution in [0.15, 0.2) is 52.5 Å². The maximum absolute atomic E-state index is 12.5. The molecular weight excluding hydrogens is 390 g/mol. The van der Waals surface area contributed by atoms with E-state index in [0.717, 1.165) is 16.8 Å². The number of phenols is 2. The second-order valence-electron chi connectivity index (χ2n) is 5.33. The molecule has 27 heavy (non-hydrogen) atoms. The zero-order valence-corrected chi connectivity index (χ0v) is 15.1. The molecule has 0 radical (unpaired) electrons. The number of thiocarbonyl (C=S) groups is 1. The van der Waals surface area contributed by atoms with Crippen LogP contribution in [-0.2, 0) is 4.79 Å². The Hall–Kier alpha value is -3.24. The maximum Gasteiger partial charge on any atom is 0.286 e. The van der Waals surface area contributed by atoms with Crippen LogP contribution in [0.4, 0.5) is 5.69 Å². The maximum atomic E-state index is 12.5. The van der Waals surface area contributed by atoms with Crippen molar-refractivity contribution in [3.05, 3.63) is 68.6 Å². The quantitative estimate of drug-likeness (QED) is 0.202. The highest BCUT2D eigenvalue weighted by molar-refractivity contribution is 8.26. The van der Waals surface area contributed by atoms with Crippen molar-refractivity contribution in [3.8, 4) is 11.5 Å². The van der Waals surface area contributed by atoms with Gasteiger partial charge in [-0.3, -0.25) is 14.9 Å². The predicted molar refractivity (Wildman–Crippen MR) is 105 cm³/mol. The summed E-state index contributed by atoms with van der Waals surface area (Å²) < 4.78 is 0.229. The SMILES string of the molecule is O=C1/C(=C\c2ccc([N+](=O)[O-])cc2)SC(=S)N1/N=C/c1ccc(O)c(O)c1. The Morgan fingerprint density at radius 2 is 1.78 bits per heavy atom. The molecule has 10 heteroatoms. The molecule has 0 saturated carbocycles. The lowest BCUT2D eigenvalue weighted by molar-refractivity contribution is -0.384. The molecule has 0 atom stereocenters. The number of benzene rings is 2. The second-order valence-corrected chi connectivity index (χ2v) is 7.01. The number of hydrogen-bond acceptors (Lipinski definition) is 8. The molecule has 1 amide bonds. The van der Waals surface area contributed by atoms with Gasteiger partial charge in [0.05, 0.1) is 16.0 Å². The van der Waals surface area contributed by atoms with Crippen LogP contribution in [0.25, 0.3) is 6.08 Å². The van der Waals surface area contributed by atoms with Gasteiger partial charge in [0.15, 0.2) is 15.8 Å². The lowest BCUT2D eigenvalue weighted by atomic mass is 10.2. The highest BCUT2D eigenvalue weighted by Gasteiger charge is 2.32. The molecule has 3 rings (SSSR count). The molecule has 2 N–H and O–H groups in total. The highest BCUT2D eigenvalue weighted by Crippen LogP contribution is 2.33. The molecule has 1 fully saturated rings. The molecule has 136 valence electrons. The van der Waals surface area contributed by atoms with Crippen LogP contribution in [0.5, 0.6) is 11.5 Å². The fraction of sp³-hybridized carbons (Fsp3) is 0. The Bertz CT molecular complexity index is 1000. The van der Waals surface area contributed by atoms with Gasteiger partial charge < -0.3 is 10.2 Å². The third-order valence-electron chi connectivity index (χ3n) is 3.50. The standard InChI is InChI=1S/C17H11N3O5S2/c21-13-6-3-11(7-14(13)22)9-18-19-16(23)15(27-17(19)26)8-10-1-4-12(5-2-10)20(24)25/h1-9,21-22H/b15-8+,18-9+. The topological polar surface area (TPSA) is 116 Å². The van der Waals surface area contributed by atoms with E-state index >= 15 is 0 Å². The Balaban J connectivity index is 1.78. The van der Waals surface area contributed by atoms with Crippen molar-refractivity contribution in [2.24, 2.45) is 5.10 Å². The number of hydrazone groups is 1. The van der Waals surface area contributed by atoms with Crippen molar-refractivity contribution in [3.63, 3.8) is 0 Å². The minimum absolute atomic E-state index is 0.0403. The molecule has 8 nitrogen and oxygen atoms in total. The van der Waals surface area contributed by atoms with E-state index in [-0.39, 0.29) is 21.5 Å². The monoisotopic (exact) mass is 401 g/mol. The summed E-state index contributed by atoms with van der Waals surface area (Å²) >= 11 is 6.22. The number of nitrogens with zero attached hydrogens (tertiary/aromatic N) is 3. The van der Waals surface area contributed by atoms with Crippen molar-refractivity contribution >= 4 is 52.2 Å². The summed E-state index contributed by atoms with van der Waals surface area (Å²) in [6.07, 6.45) is 2.91. The zero-order valence-electron chi connectivity index (χ0n) is 13.5. The molecule has 1 aliphatic heterocycles. The second kappa shape index (κ2) is 7.56. The van der Waals surface area contributed by atoms with Crippen LogP contribution in [0, 0.1) is 10.1 Å². The first-order chi connectivity index (χ1) is 12.8. The minimum Gasteiger partial charge on any atom is -0.504 e. The largest absolute Gasteiger partial charge is 0.504 e. The number of amides is 1. The third-order valence-corrected chi connectivity index (χ3v) is 4.78. The summed E-state index contributed by atoms with van der Waals surface area (Å²) in [7, 11) is 0. The number of hydrogen-bond donors (Lipinski definition) is 2. The van der Waals surface area contributed by atoms with Gasteiger partial charge in [-0.2, -0.15) is 10.1 Å². The fourth-order valence-electron chi connectivity index (χ4n) is 2.15. The van der Waals surface area contributed by atoms with E-state index in [1.165, 1.54) is 48.7 Å². The molecular formula is C17H11N3O5S2. The zero-order chi connectivity index (χ0) is 19.6. The normalized spacial score (nSPS) is 15.9. The average Bonchev–Trinajstić information content (AvgIpc) is 2.90. The summed E-state index contributed by atoms with van der Waals surface area (Å²) in [5.74, 6) is -0.992. The summed E-state index contributed by atoms with van der Waals surface area (Å²) in [5.41, 5.74) is 1.05. The van der Waals surface area contributed by atoms with Crippen LogP contribution in [0.2, 0.25) is 0 Å². The van der Waals surface area contributed by atoms with Crippen molar-refractivity contribution in [1.29, 1.82) is 0 Å². The van der Waals surface area contributed by atoms with Gasteiger partial charge in [0.25, 0.3) is 11.6 Å². The number of carbonyl (C=O) groups excluding carboxylic acids is 1. The van der Waals surface area contributed by atoms with Crippen LogP contribution >= 0.6 is 24.0 Å². The van der Waals surface area contributed by atoms with E-state index in [2.05, 4.69) is 5.10 Å². The molecule has 2 aromatic rings.